The lowest BCUT2D eigenvalue weighted by Crippen LogP contribution is -2.26. The van der Waals surface area contributed by atoms with Gasteiger partial charge < -0.3 is 10.0 Å². The Bertz CT molecular complexity index is 145. The van der Waals surface area contributed by atoms with Crippen LogP contribution in [0.3, 0.4) is 0 Å². The molecule has 0 spiro atoms. The monoisotopic (exact) mass is 171 g/mol. The standard InChI is InChI=1S/C9H17NO2/c1-3-5-7-10(4-2)8-6-9(11)12/h3H,1,4-8H2,2H3,(H,11,12). The number of carboxylic acid groups (broad SMARTS) is 1. The molecule has 0 aliphatic heterocycles. The lowest BCUT2D eigenvalue weighted by molar-refractivity contribution is -0.137. The molecule has 0 rings (SSSR count). The van der Waals surface area contributed by atoms with Crippen molar-refractivity contribution >= 4 is 5.97 Å². The van der Waals surface area contributed by atoms with Crippen molar-refractivity contribution < 1.29 is 9.90 Å². The molecule has 0 fully saturated rings. The molecule has 0 heterocycles. The first-order valence-corrected chi connectivity index (χ1v) is 4.25. The van der Waals surface area contributed by atoms with Gasteiger partial charge in [-0.15, -0.1) is 6.58 Å². The highest BCUT2D eigenvalue weighted by molar-refractivity contribution is 5.66. The van der Waals surface area contributed by atoms with E-state index in [1.807, 2.05) is 13.0 Å². The van der Waals surface area contributed by atoms with Crippen LogP contribution in [0.2, 0.25) is 0 Å². The minimum absolute atomic E-state index is 0.227. The summed E-state index contributed by atoms with van der Waals surface area (Å²) in [4.78, 5) is 12.4. The summed E-state index contributed by atoms with van der Waals surface area (Å²) in [5, 5.41) is 8.44. The molecule has 0 amide bonds. The highest BCUT2D eigenvalue weighted by atomic mass is 16.4. The molecule has 0 saturated carbocycles. The molecule has 0 aliphatic carbocycles. The second-order valence-corrected chi connectivity index (χ2v) is 2.66. The molecule has 1 N–H and O–H groups in total. The summed E-state index contributed by atoms with van der Waals surface area (Å²) in [6, 6.07) is 0. The van der Waals surface area contributed by atoms with E-state index in [1.54, 1.807) is 0 Å². The summed E-state index contributed by atoms with van der Waals surface area (Å²) in [7, 11) is 0. The Hall–Kier alpha value is -0.830. The molecule has 0 unspecified atom stereocenters. The molecular formula is C9H17NO2. The zero-order chi connectivity index (χ0) is 9.40. The fourth-order valence-electron chi connectivity index (χ4n) is 0.956. The van der Waals surface area contributed by atoms with Crippen LogP contribution in [-0.4, -0.2) is 35.6 Å². The summed E-state index contributed by atoms with van der Waals surface area (Å²) in [5.74, 6) is -0.730. The molecule has 0 bridgehead atoms. The van der Waals surface area contributed by atoms with E-state index in [9.17, 15) is 4.79 Å². The van der Waals surface area contributed by atoms with Gasteiger partial charge in [-0.25, -0.2) is 0 Å². The summed E-state index contributed by atoms with van der Waals surface area (Å²) in [6.45, 7) is 8.10. The molecular weight excluding hydrogens is 154 g/mol. The van der Waals surface area contributed by atoms with Crippen LogP contribution in [0.15, 0.2) is 12.7 Å². The predicted octanol–water partition coefficient (Wildman–Crippen LogP) is 1.36. The van der Waals surface area contributed by atoms with Gasteiger partial charge in [-0.2, -0.15) is 0 Å². The van der Waals surface area contributed by atoms with Crippen LogP contribution in [0.1, 0.15) is 19.8 Å². The maximum absolute atomic E-state index is 10.2. The first kappa shape index (κ1) is 11.2. The zero-order valence-electron chi connectivity index (χ0n) is 7.62. The van der Waals surface area contributed by atoms with Gasteiger partial charge in [0.1, 0.15) is 0 Å². The second-order valence-electron chi connectivity index (χ2n) is 2.66. The van der Waals surface area contributed by atoms with Gasteiger partial charge in [0.2, 0.25) is 0 Å². The van der Waals surface area contributed by atoms with Crippen molar-refractivity contribution in [1.29, 1.82) is 0 Å². The Morgan fingerprint density at radius 1 is 1.58 bits per heavy atom. The molecule has 0 radical (unpaired) electrons. The number of hydrogen-bond acceptors (Lipinski definition) is 2. The van der Waals surface area contributed by atoms with E-state index in [1.165, 1.54) is 0 Å². The normalized spacial score (nSPS) is 10.2. The van der Waals surface area contributed by atoms with Crippen molar-refractivity contribution in [2.24, 2.45) is 0 Å². The van der Waals surface area contributed by atoms with Gasteiger partial charge in [0.15, 0.2) is 0 Å². The summed E-state index contributed by atoms with van der Waals surface area (Å²) >= 11 is 0. The van der Waals surface area contributed by atoms with Crippen LogP contribution in [0.4, 0.5) is 0 Å². The van der Waals surface area contributed by atoms with Crippen molar-refractivity contribution in [3.8, 4) is 0 Å². The number of carboxylic acids is 1. The van der Waals surface area contributed by atoms with E-state index in [0.717, 1.165) is 19.5 Å². The van der Waals surface area contributed by atoms with Crippen LogP contribution in [-0.2, 0) is 4.79 Å². The third-order valence-electron chi connectivity index (χ3n) is 1.74. The van der Waals surface area contributed by atoms with Crippen molar-refractivity contribution in [2.75, 3.05) is 19.6 Å². The maximum Gasteiger partial charge on any atom is 0.304 e. The molecule has 0 aliphatic rings. The van der Waals surface area contributed by atoms with E-state index >= 15 is 0 Å². The van der Waals surface area contributed by atoms with Crippen LogP contribution in [0.5, 0.6) is 0 Å². The minimum atomic E-state index is -0.730. The molecule has 0 aromatic carbocycles. The molecule has 0 aromatic heterocycles. The molecule has 3 nitrogen and oxygen atoms in total. The fourth-order valence-corrected chi connectivity index (χ4v) is 0.956. The Morgan fingerprint density at radius 3 is 2.67 bits per heavy atom. The van der Waals surface area contributed by atoms with Gasteiger partial charge in [0.25, 0.3) is 0 Å². The van der Waals surface area contributed by atoms with Crippen molar-refractivity contribution in [3.05, 3.63) is 12.7 Å². The van der Waals surface area contributed by atoms with Crippen LogP contribution in [0, 0.1) is 0 Å². The van der Waals surface area contributed by atoms with Gasteiger partial charge in [-0.1, -0.05) is 13.0 Å². The van der Waals surface area contributed by atoms with E-state index in [0.29, 0.717) is 6.54 Å². The number of hydrogen-bond donors (Lipinski definition) is 1. The lowest BCUT2D eigenvalue weighted by atomic mass is 10.3. The number of nitrogens with zero attached hydrogens (tertiary/aromatic N) is 1. The predicted molar refractivity (Wildman–Crippen MR) is 49.2 cm³/mol. The molecule has 3 heteroatoms. The average Bonchev–Trinajstić information content (AvgIpc) is 2.05. The zero-order valence-corrected chi connectivity index (χ0v) is 7.62. The first-order valence-electron chi connectivity index (χ1n) is 4.25. The average molecular weight is 171 g/mol. The number of aliphatic carboxylic acids is 1. The first-order chi connectivity index (χ1) is 5.70. The Balaban J connectivity index is 3.52. The third-order valence-corrected chi connectivity index (χ3v) is 1.74. The number of rotatable bonds is 7. The van der Waals surface area contributed by atoms with E-state index in [2.05, 4.69) is 11.5 Å². The molecule has 12 heavy (non-hydrogen) atoms. The van der Waals surface area contributed by atoms with Crippen LogP contribution < -0.4 is 0 Å². The van der Waals surface area contributed by atoms with Crippen molar-refractivity contribution in [2.45, 2.75) is 19.8 Å². The minimum Gasteiger partial charge on any atom is -0.481 e. The van der Waals surface area contributed by atoms with Crippen LogP contribution in [0.25, 0.3) is 0 Å². The van der Waals surface area contributed by atoms with E-state index in [4.69, 9.17) is 5.11 Å². The highest BCUT2D eigenvalue weighted by Crippen LogP contribution is 1.94. The largest absolute Gasteiger partial charge is 0.481 e. The summed E-state index contributed by atoms with van der Waals surface area (Å²) in [6.07, 6.45) is 3.00. The molecule has 0 atom stereocenters. The maximum atomic E-state index is 10.2. The van der Waals surface area contributed by atoms with Gasteiger partial charge >= 0.3 is 5.97 Å². The Morgan fingerprint density at radius 2 is 2.25 bits per heavy atom. The van der Waals surface area contributed by atoms with E-state index in [-0.39, 0.29) is 6.42 Å². The Labute approximate surface area is 73.7 Å². The molecule has 0 aromatic rings. The summed E-state index contributed by atoms with van der Waals surface area (Å²) in [5.41, 5.74) is 0. The van der Waals surface area contributed by atoms with Crippen LogP contribution >= 0.6 is 0 Å². The quantitative estimate of drug-likeness (QED) is 0.588. The van der Waals surface area contributed by atoms with Gasteiger partial charge in [-0.05, 0) is 13.0 Å². The van der Waals surface area contributed by atoms with E-state index < -0.39 is 5.97 Å². The van der Waals surface area contributed by atoms with Gasteiger partial charge in [-0.3, -0.25) is 4.79 Å². The SMILES string of the molecule is C=CCCN(CC)CCC(=O)O. The number of carbonyl (C=O) groups is 1. The summed E-state index contributed by atoms with van der Waals surface area (Å²) < 4.78 is 0. The topological polar surface area (TPSA) is 40.5 Å². The third kappa shape index (κ3) is 5.92. The smallest absolute Gasteiger partial charge is 0.304 e. The van der Waals surface area contributed by atoms with Crippen molar-refractivity contribution in [1.82, 2.24) is 4.90 Å². The fraction of sp³-hybridized carbons (Fsp3) is 0.667. The molecule has 0 saturated heterocycles. The van der Waals surface area contributed by atoms with Gasteiger partial charge in [0, 0.05) is 13.1 Å². The van der Waals surface area contributed by atoms with Crippen molar-refractivity contribution in [3.63, 3.8) is 0 Å². The van der Waals surface area contributed by atoms with Gasteiger partial charge in [0.05, 0.1) is 6.42 Å². The Kier molecular flexibility index (Phi) is 6.38. The molecule has 70 valence electrons. The second kappa shape index (κ2) is 6.85. The highest BCUT2D eigenvalue weighted by Gasteiger charge is 2.03. The lowest BCUT2D eigenvalue weighted by Gasteiger charge is -2.17.